The zero-order chi connectivity index (χ0) is 13.8. The molecule has 0 bridgehead atoms. The normalized spacial score (nSPS) is 17.6. The number of hydrogen-bond donors (Lipinski definition) is 1. The van der Waals surface area contributed by atoms with E-state index in [2.05, 4.69) is 43.7 Å². The van der Waals surface area contributed by atoms with E-state index < -0.39 is 0 Å². The molecule has 1 N–H and O–H groups in total. The summed E-state index contributed by atoms with van der Waals surface area (Å²) in [4.78, 5) is 3.88. The molecular formula is C15H19BrN2OS. The lowest BCUT2D eigenvalue weighted by Gasteiger charge is -2.26. The van der Waals surface area contributed by atoms with Gasteiger partial charge in [0.05, 0.1) is 12.3 Å². The van der Waals surface area contributed by atoms with Gasteiger partial charge in [0.15, 0.2) is 0 Å². The Bertz CT molecular complexity index is 520. The van der Waals surface area contributed by atoms with Crippen molar-refractivity contribution >= 4 is 27.3 Å². The largest absolute Gasteiger partial charge is 0.468 e. The minimum Gasteiger partial charge on any atom is -0.468 e. The second kappa shape index (κ2) is 6.89. The van der Waals surface area contributed by atoms with Crippen molar-refractivity contribution in [3.05, 3.63) is 45.0 Å². The summed E-state index contributed by atoms with van der Waals surface area (Å²) < 4.78 is 6.80. The molecule has 5 heteroatoms. The Morgan fingerprint density at radius 2 is 2.25 bits per heavy atom. The average Bonchev–Trinajstić information content (AvgIpc) is 3.18. The van der Waals surface area contributed by atoms with E-state index in [4.69, 9.17) is 4.42 Å². The second-order valence-electron chi connectivity index (χ2n) is 5.14. The average molecular weight is 355 g/mol. The number of nitrogens with zero attached hydrogens (tertiary/aromatic N) is 1. The number of likely N-dealkylation sites (tertiary alicyclic amines) is 1. The van der Waals surface area contributed by atoms with Crippen LogP contribution in [0, 0.1) is 0 Å². The fourth-order valence-electron chi connectivity index (χ4n) is 2.72. The van der Waals surface area contributed by atoms with E-state index in [-0.39, 0.29) is 0 Å². The molecule has 0 radical (unpaired) electrons. The van der Waals surface area contributed by atoms with Gasteiger partial charge in [-0.1, -0.05) is 0 Å². The van der Waals surface area contributed by atoms with Gasteiger partial charge in [-0.2, -0.15) is 0 Å². The van der Waals surface area contributed by atoms with E-state index in [0.29, 0.717) is 6.04 Å². The van der Waals surface area contributed by atoms with Crippen LogP contribution >= 0.6 is 27.3 Å². The maximum Gasteiger partial charge on any atom is 0.122 e. The number of furan rings is 1. The van der Waals surface area contributed by atoms with Crippen LogP contribution in [0.4, 0.5) is 0 Å². The van der Waals surface area contributed by atoms with Crippen LogP contribution in [-0.4, -0.2) is 24.5 Å². The summed E-state index contributed by atoms with van der Waals surface area (Å²) in [6.45, 7) is 4.21. The van der Waals surface area contributed by atoms with Gasteiger partial charge in [0, 0.05) is 27.8 Å². The Hall–Kier alpha value is -0.620. The van der Waals surface area contributed by atoms with Gasteiger partial charge in [-0.05, 0) is 60.1 Å². The third kappa shape index (κ3) is 3.52. The van der Waals surface area contributed by atoms with Crippen molar-refractivity contribution in [1.29, 1.82) is 0 Å². The van der Waals surface area contributed by atoms with E-state index in [1.807, 2.05) is 6.07 Å². The summed E-state index contributed by atoms with van der Waals surface area (Å²) in [6.07, 6.45) is 4.37. The highest BCUT2D eigenvalue weighted by Crippen LogP contribution is 2.25. The van der Waals surface area contributed by atoms with E-state index in [1.165, 1.54) is 35.3 Å². The molecule has 1 atom stereocenters. The Morgan fingerprint density at radius 1 is 1.40 bits per heavy atom. The van der Waals surface area contributed by atoms with Gasteiger partial charge in [0.2, 0.25) is 0 Å². The highest BCUT2D eigenvalue weighted by atomic mass is 79.9. The maximum absolute atomic E-state index is 5.63. The summed E-state index contributed by atoms with van der Waals surface area (Å²) in [5.74, 6) is 1.08. The molecule has 1 aliphatic heterocycles. The molecule has 1 fully saturated rings. The molecule has 0 spiro atoms. The standard InChI is InChI=1S/C15H19BrN2OS/c16-12-8-13(20-11-12)9-17-10-14(15-4-3-7-19-15)18-5-1-2-6-18/h3-4,7-8,11,14,17H,1-2,5-6,9-10H2/t14-/m1/s1. The molecule has 108 valence electrons. The molecule has 1 aliphatic rings. The van der Waals surface area contributed by atoms with Gasteiger partial charge in [0.1, 0.15) is 5.76 Å². The Balaban J connectivity index is 1.58. The van der Waals surface area contributed by atoms with Crippen molar-refractivity contribution < 1.29 is 4.42 Å². The third-order valence-corrected chi connectivity index (χ3v) is 5.41. The Morgan fingerprint density at radius 3 is 2.90 bits per heavy atom. The lowest BCUT2D eigenvalue weighted by molar-refractivity contribution is 0.209. The summed E-state index contributed by atoms with van der Waals surface area (Å²) in [7, 11) is 0. The monoisotopic (exact) mass is 354 g/mol. The van der Waals surface area contributed by atoms with Gasteiger partial charge in [0.25, 0.3) is 0 Å². The van der Waals surface area contributed by atoms with Crippen LogP contribution < -0.4 is 5.32 Å². The molecule has 0 saturated carbocycles. The van der Waals surface area contributed by atoms with E-state index in [9.17, 15) is 0 Å². The van der Waals surface area contributed by atoms with Crippen LogP contribution in [0.5, 0.6) is 0 Å². The summed E-state index contributed by atoms with van der Waals surface area (Å²) in [5, 5.41) is 5.69. The summed E-state index contributed by atoms with van der Waals surface area (Å²) in [6, 6.07) is 6.60. The quantitative estimate of drug-likeness (QED) is 0.848. The van der Waals surface area contributed by atoms with Crippen LogP contribution in [0.3, 0.4) is 0 Å². The van der Waals surface area contributed by atoms with Crippen LogP contribution in [0.15, 0.2) is 38.7 Å². The van der Waals surface area contributed by atoms with Gasteiger partial charge in [-0.15, -0.1) is 11.3 Å². The molecule has 0 aromatic carbocycles. The summed E-state index contributed by atoms with van der Waals surface area (Å²) in [5.41, 5.74) is 0. The molecule has 0 amide bonds. The van der Waals surface area contributed by atoms with Crippen molar-refractivity contribution in [3.8, 4) is 0 Å². The maximum atomic E-state index is 5.63. The molecule has 2 aromatic heterocycles. The first-order valence-electron chi connectivity index (χ1n) is 7.04. The van der Waals surface area contributed by atoms with Crippen molar-refractivity contribution in [2.45, 2.75) is 25.4 Å². The molecule has 20 heavy (non-hydrogen) atoms. The van der Waals surface area contributed by atoms with Crippen molar-refractivity contribution in [2.24, 2.45) is 0 Å². The fraction of sp³-hybridized carbons (Fsp3) is 0.467. The zero-order valence-corrected chi connectivity index (χ0v) is 13.8. The van der Waals surface area contributed by atoms with Gasteiger partial charge in [-0.3, -0.25) is 4.90 Å². The van der Waals surface area contributed by atoms with Crippen molar-refractivity contribution in [1.82, 2.24) is 10.2 Å². The lowest BCUT2D eigenvalue weighted by atomic mass is 10.2. The zero-order valence-electron chi connectivity index (χ0n) is 11.3. The number of thiophene rings is 1. The molecule has 0 aliphatic carbocycles. The topological polar surface area (TPSA) is 28.4 Å². The molecule has 2 aromatic rings. The number of halogens is 1. The predicted molar refractivity (Wildman–Crippen MR) is 86.0 cm³/mol. The molecule has 3 heterocycles. The fourth-order valence-corrected chi connectivity index (χ4v) is 4.14. The van der Waals surface area contributed by atoms with Crippen molar-refractivity contribution in [3.63, 3.8) is 0 Å². The number of nitrogens with one attached hydrogen (secondary N) is 1. The smallest absolute Gasteiger partial charge is 0.122 e. The minimum absolute atomic E-state index is 0.357. The lowest BCUT2D eigenvalue weighted by Crippen LogP contribution is -2.33. The van der Waals surface area contributed by atoms with Crippen LogP contribution in [0.2, 0.25) is 0 Å². The Labute approximate surface area is 132 Å². The van der Waals surface area contributed by atoms with Gasteiger partial charge in [-0.25, -0.2) is 0 Å². The number of hydrogen-bond acceptors (Lipinski definition) is 4. The SMILES string of the molecule is Brc1csc(CNC[C@H](c2ccco2)N2CCCC2)c1. The van der Waals surface area contributed by atoms with Gasteiger partial charge >= 0.3 is 0 Å². The highest BCUT2D eigenvalue weighted by Gasteiger charge is 2.25. The van der Waals surface area contributed by atoms with Crippen LogP contribution in [0.25, 0.3) is 0 Å². The van der Waals surface area contributed by atoms with E-state index in [1.54, 1.807) is 17.6 Å². The van der Waals surface area contributed by atoms with Crippen molar-refractivity contribution in [2.75, 3.05) is 19.6 Å². The van der Waals surface area contributed by atoms with E-state index in [0.717, 1.165) is 18.8 Å². The minimum atomic E-state index is 0.357. The third-order valence-electron chi connectivity index (χ3n) is 3.71. The van der Waals surface area contributed by atoms with E-state index >= 15 is 0 Å². The first-order chi connectivity index (χ1) is 9.83. The summed E-state index contributed by atoms with van der Waals surface area (Å²) >= 11 is 5.28. The predicted octanol–water partition coefficient (Wildman–Crippen LogP) is 4.03. The van der Waals surface area contributed by atoms with Crippen LogP contribution in [-0.2, 0) is 6.54 Å². The second-order valence-corrected chi connectivity index (χ2v) is 7.05. The molecule has 1 saturated heterocycles. The highest BCUT2D eigenvalue weighted by molar-refractivity contribution is 9.10. The Kier molecular flexibility index (Phi) is 4.94. The van der Waals surface area contributed by atoms with Crippen LogP contribution in [0.1, 0.15) is 29.5 Å². The van der Waals surface area contributed by atoms with Gasteiger partial charge < -0.3 is 9.73 Å². The molecule has 3 rings (SSSR count). The molecule has 3 nitrogen and oxygen atoms in total. The molecular weight excluding hydrogens is 336 g/mol. The first kappa shape index (κ1) is 14.3. The number of rotatable bonds is 6. The molecule has 0 unspecified atom stereocenters. The first-order valence-corrected chi connectivity index (χ1v) is 8.71.